The molecule has 4 heteroatoms. The summed E-state index contributed by atoms with van der Waals surface area (Å²) in [5.41, 5.74) is 2.39. The van der Waals surface area contributed by atoms with E-state index >= 15 is 0 Å². The number of carbonyl (C=O) groups excluding carboxylic acids is 1. The van der Waals surface area contributed by atoms with E-state index < -0.39 is 0 Å². The Bertz CT molecular complexity index is 289. The zero-order chi connectivity index (χ0) is 9.68. The second kappa shape index (κ2) is 4.45. The fraction of sp³-hybridized carbons (Fsp3) is 0.333. The van der Waals surface area contributed by atoms with Crippen molar-refractivity contribution >= 4 is 12.1 Å². The minimum Gasteiger partial charge on any atom is -0.463 e. The number of hydrazone groups is 1. The molecule has 0 spiro atoms. The third-order valence-corrected chi connectivity index (χ3v) is 1.43. The third-order valence-electron chi connectivity index (χ3n) is 1.43. The van der Waals surface area contributed by atoms with Crippen LogP contribution in [0.2, 0.25) is 0 Å². The van der Waals surface area contributed by atoms with Crippen molar-refractivity contribution < 1.29 is 9.21 Å². The molecule has 0 aliphatic rings. The van der Waals surface area contributed by atoms with Gasteiger partial charge in [0.2, 0.25) is 5.91 Å². The molecular weight excluding hydrogens is 168 g/mol. The first kappa shape index (κ1) is 9.51. The number of amides is 1. The summed E-state index contributed by atoms with van der Waals surface area (Å²) in [6.07, 6.45) is 3.01. The first-order chi connectivity index (χ1) is 6.20. The van der Waals surface area contributed by atoms with Crippen LogP contribution in [0.25, 0.3) is 0 Å². The molecule has 1 aromatic heterocycles. The SMILES string of the molecule is CC(C)C(=O)N/N=C\c1ccco1. The molecule has 0 fully saturated rings. The van der Waals surface area contributed by atoms with Crippen LogP contribution in [-0.2, 0) is 4.79 Å². The summed E-state index contributed by atoms with van der Waals surface area (Å²) in [6.45, 7) is 3.61. The first-order valence-electron chi connectivity index (χ1n) is 4.06. The number of hydrogen-bond acceptors (Lipinski definition) is 3. The molecule has 4 nitrogen and oxygen atoms in total. The second-order valence-electron chi connectivity index (χ2n) is 2.90. The van der Waals surface area contributed by atoms with Gasteiger partial charge in [0.15, 0.2) is 0 Å². The van der Waals surface area contributed by atoms with E-state index in [9.17, 15) is 4.79 Å². The molecule has 0 unspecified atom stereocenters. The Kier molecular flexibility index (Phi) is 3.25. The molecule has 1 amide bonds. The Labute approximate surface area is 76.6 Å². The topological polar surface area (TPSA) is 54.6 Å². The van der Waals surface area contributed by atoms with Crippen LogP contribution in [0.1, 0.15) is 19.6 Å². The van der Waals surface area contributed by atoms with Gasteiger partial charge in [-0.15, -0.1) is 0 Å². The molecule has 1 N–H and O–H groups in total. The quantitative estimate of drug-likeness (QED) is 0.564. The van der Waals surface area contributed by atoms with Gasteiger partial charge in [0, 0.05) is 5.92 Å². The van der Waals surface area contributed by atoms with Crippen LogP contribution in [0.3, 0.4) is 0 Å². The van der Waals surface area contributed by atoms with Gasteiger partial charge in [0.1, 0.15) is 5.76 Å². The minimum atomic E-state index is -0.109. The molecule has 0 atom stereocenters. The summed E-state index contributed by atoms with van der Waals surface area (Å²) in [7, 11) is 0. The molecule has 70 valence electrons. The maximum absolute atomic E-state index is 11.0. The van der Waals surface area contributed by atoms with Crippen molar-refractivity contribution in [2.75, 3.05) is 0 Å². The van der Waals surface area contributed by atoms with Crippen molar-refractivity contribution in [1.29, 1.82) is 0 Å². The zero-order valence-corrected chi connectivity index (χ0v) is 7.65. The highest BCUT2D eigenvalue weighted by Gasteiger charge is 2.03. The van der Waals surface area contributed by atoms with Gasteiger partial charge in [-0.1, -0.05) is 13.8 Å². The molecular formula is C9H12N2O2. The molecule has 0 bridgehead atoms. The van der Waals surface area contributed by atoms with Crippen molar-refractivity contribution in [3.05, 3.63) is 24.2 Å². The van der Waals surface area contributed by atoms with Crippen molar-refractivity contribution in [3.8, 4) is 0 Å². The van der Waals surface area contributed by atoms with Gasteiger partial charge >= 0.3 is 0 Å². The van der Waals surface area contributed by atoms with Gasteiger partial charge in [-0.2, -0.15) is 5.10 Å². The number of nitrogens with zero attached hydrogens (tertiary/aromatic N) is 1. The highest BCUT2D eigenvalue weighted by Crippen LogP contribution is 1.95. The van der Waals surface area contributed by atoms with Crippen LogP contribution in [0.5, 0.6) is 0 Å². The smallest absolute Gasteiger partial charge is 0.242 e. The van der Waals surface area contributed by atoms with Crippen LogP contribution in [-0.4, -0.2) is 12.1 Å². The number of nitrogens with one attached hydrogen (secondary N) is 1. The Morgan fingerprint density at radius 2 is 2.46 bits per heavy atom. The summed E-state index contributed by atoms with van der Waals surface area (Å²) in [5.74, 6) is 0.445. The maximum Gasteiger partial charge on any atom is 0.242 e. The predicted molar refractivity (Wildman–Crippen MR) is 49.3 cm³/mol. The summed E-state index contributed by atoms with van der Waals surface area (Å²) >= 11 is 0. The number of furan rings is 1. The van der Waals surface area contributed by atoms with Crippen molar-refractivity contribution in [2.45, 2.75) is 13.8 Å². The third kappa shape index (κ3) is 3.11. The van der Waals surface area contributed by atoms with Gasteiger partial charge in [0.05, 0.1) is 12.5 Å². The average Bonchev–Trinajstić information content (AvgIpc) is 2.56. The molecule has 1 heterocycles. The van der Waals surface area contributed by atoms with Gasteiger partial charge in [-0.25, -0.2) is 5.43 Å². The normalized spacial score (nSPS) is 11.0. The lowest BCUT2D eigenvalue weighted by atomic mass is 10.2. The molecule has 0 saturated heterocycles. The molecule has 1 aromatic rings. The highest BCUT2D eigenvalue weighted by atomic mass is 16.3. The van der Waals surface area contributed by atoms with Crippen molar-refractivity contribution in [2.24, 2.45) is 11.0 Å². The van der Waals surface area contributed by atoms with E-state index in [2.05, 4.69) is 10.5 Å². The predicted octanol–water partition coefficient (Wildman–Crippen LogP) is 1.39. The minimum absolute atomic E-state index is 0.0613. The highest BCUT2D eigenvalue weighted by molar-refractivity contribution is 5.81. The number of rotatable bonds is 3. The molecule has 1 rings (SSSR count). The summed E-state index contributed by atoms with van der Waals surface area (Å²) in [5, 5.41) is 3.72. The Balaban J connectivity index is 2.39. The monoisotopic (exact) mass is 180 g/mol. The van der Waals surface area contributed by atoms with Crippen LogP contribution in [0.4, 0.5) is 0 Å². The van der Waals surface area contributed by atoms with Gasteiger partial charge in [-0.05, 0) is 12.1 Å². The molecule has 0 aliphatic heterocycles. The van der Waals surface area contributed by atoms with E-state index in [1.807, 2.05) is 0 Å². The van der Waals surface area contributed by atoms with E-state index in [0.717, 1.165) is 0 Å². The maximum atomic E-state index is 11.0. The Morgan fingerprint density at radius 3 is 3.00 bits per heavy atom. The van der Waals surface area contributed by atoms with Gasteiger partial charge < -0.3 is 4.42 Å². The summed E-state index contributed by atoms with van der Waals surface area (Å²) < 4.78 is 4.98. The zero-order valence-electron chi connectivity index (χ0n) is 7.65. The molecule has 0 aliphatic carbocycles. The van der Waals surface area contributed by atoms with E-state index in [1.165, 1.54) is 6.21 Å². The van der Waals surface area contributed by atoms with E-state index in [1.54, 1.807) is 32.2 Å². The van der Waals surface area contributed by atoms with Gasteiger partial charge in [0.25, 0.3) is 0 Å². The largest absolute Gasteiger partial charge is 0.463 e. The lowest BCUT2D eigenvalue weighted by Crippen LogP contribution is -2.22. The molecule has 0 aromatic carbocycles. The van der Waals surface area contributed by atoms with Crippen LogP contribution >= 0.6 is 0 Å². The standard InChI is InChI=1S/C9H12N2O2/c1-7(2)9(12)11-10-6-8-4-3-5-13-8/h3-7H,1-2H3,(H,11,12)/b10-6-. The second-order valence-corrected chi connectivity index (χ2v) is 2.90. The summed E-state index contributed by atoms with van der Waals surface area (Å²) in [6, 6.07) is 3.51. The fourth-order valence-electron chi connectivity index (χ4n) is 0.653. The Morgan fingerprint density at radius 1 is 1.69 bits per heavy atom. The Hall–Kier alpha value is -1.58. The van der Waals surface area contributed by atoms with Crippen molar-refractivity contribution in [1.82, 2.24) is 5.43 Å². The lowest BCUT2D eigenvalue weighted by Gasteiger charge is -2.00. The fourth-order valence-corrected chi connectivity index (χ4v) is 0.653. The van der Waals surface area contributed by atoms with Gasteiger partial charge in [-0.3, -0.25) is 4.79 Å². The van der Waals surface area contributed by atoms with Crippen molar-refractivity contribution in [3.63, 3.8) is 0 Å². The van der Waals surface area contributed by atoms with Crippen LogP contribution < -0.4 is 5.43 Å². The van der Waals surface area contributed by atoms with Crippen LogP contribution in [0, 0.1) is 5.92 Å². The first-order valence-corrected chi connectivity index (χ1v) is 4.06. The van der Waals surface area contributed by atoms with E-state index in [-0.39, 0.29) is 11.8 Å². The van der Waals surface area contributed by atoms with E-state index in [0.29, 0.717) is 5.76 Å². The number of hydrogen-bond donors (Lipinski definition) is 1. The number of carbonyl (C=O) groups is 1. The summed E-state index contributed by atoms with van der Waals surface area (Å²) in [4.78, 5) is 11.0. The lowest BCUT2D eigenvalue weighted by molar-refractivity contribution is -0.123. The van der Waals surface area contributed by atoms with E-state index in [4.69, 9.17) is 4.42 Å². The molecule has 0 radical (unpaired) electrons. The molecule has 0 saturated carbocycles. The molecule has 13 heavy (non-hydrogen) atoms. The van der Waals surface area contributed by atoms with Crippen LogP contribution in [0.15, 0.2) is 27.9 Å². The average molecular weight is 180 g/mol.